The van der Waals surface area contributed by atoms with Crippen molar-refractivity contribution in [2.45, 2.75) is 26.4 Å². The maximum absolute atomic E-state index is 11.6. The standard InChI is InChI=1S/C14H15N3O2/c1-14(2,3)19-13(18)17-10-4-5-11-9(7-15)8-16-12(11)6-10/h4-6,8,16H,1-3H3,(H,17,18). The molecule has 0 saturated heterocycles. The fourth-order valence-corrected chi connectivity index (χ4v) is 1.72. The molecule has 0 atom stereocenters. The molecule has 0 bridgehead atoms. The molecule has 0 unspecified atom stereocenters. The lowest BCUT2D eigenvalue weighted by Gasteiger charge is -2.19. The highest BCUT2D eigenvalue weighted by molar-refractivity contribution is 5.92. The lowest BCUT2D eigenvalue weighted by Crippen LogP contribution is -2.27. The quantitative estimate of drug-likeness (QED) is 0.822. The summed E-state index contributed by atoms with van der Waals surface area (Å²) in [5, 5.41) is 12.4. The van der Waals surface area contributed by atoms with E-state index in [1.54, 1.807) is 45.2 Å². The van der Waals surface area contributed by atoms with Crippen LogP contribution in [0, 0.1) is 11.3 Å². The monoisotopic (exact) mass is 257 g/mol. The van der Waals surface area contributed by atoms with Crippen molar-refractivity contribution >= 4 is 22.7 Å². The Bertz CT molecular complexity index is 659. The second-order valence-electron chi connectivity index (χ2n) is 5.20. The molecule has 1 amide bonds. The minimum Gasteiger partial charge on any atom is -0.444 e. The zero-order chi connectivity index (χ0) is 14.0. The first kappa shape index (κ1) is 13.0. The molecule has 1 aromatic heterocycles. The largest absolute Gasteiger partial charge is 0.444 e. The van der Waals surface area contributed by atoms with Crippen molar-refractivity contribution in [1.82, 2.24) is 4.98 Å². The minimum absolute atomic E-state index is 0.501. The number of nitriles is 1. The summed E-state index contributed by atoms with van der Waals surface area (Å²) in [4.78, 5) is 14.6. The van der Waals surface area contributed by atoms with Crippen molar-refractivity contribution in [2.75, 3.05) is 5.32 Å². The SMILES string of the molecule is CC(C)(C)OC(=O)Nc1ccc2c(C#N)c[nH]c2c1. The zero-order valence-electron chi connectivity index (χ0n) is 11.1. The molecule has 0 aliphatic rings. The summed E-state index contributed by atoms with van der Waals surface area (Å²) in [5.74, 6) is 0. The van der Waals surface area contributed by atoms with Gasteiger partial charge in [0, 0.05) is 22.8 Å². The van der Waals surface area contributed by atoms with Gasteiger partial charge in [-0.1, -0.05) is 0 Å². The van der Waals surface area contributed by atoms with Gasteiger partial charge in [0.25, 0.3) is 0 Å². The van der Waals surface area contributed by atoms with Crippen LogP contribution in [0.25, 0.3) is 10.9 Å². The third-order valence-corrected chi connectivity index (χ3v) is 2.45. The Kier molecular flexibility index (Phi) is 3.17. The molecule has 0 aliphatic heterocycles. The molecule has 0 saturated carbocycles. The van der Waals surface area contributed by atoms with Crippen LogP contribution < -0.4 is 5.32 Å². The van der Waals surface area contributed by atoms with Gasteiger partial charge < -0.3 is 9.72 Å². The molecule has 0 spiro atoms. The van der Waals surface area contributed by atoms with Gasteiger partial charge in [0.1, 0.15) is 11.7 Å². The number of ether oxygens (including phenoxy) is 1. The third kappa shape index (κ3) is 3.05. The number of hydrogen-bond acceptors (Lipinski definition) is 3. The van der Waals surface area contributed by atoms with Gasteiger partial charge in [0.05, 0.1) is 5.56 Å². The van der Waals surface area contributed by atoms with Crippen LogP contribution in [0.15, 0.2) is 24.4 Å². The van der Waals surface area contributed by atoms with Crippen LogP contribution >= 0.6 is 0 Å². The predicted molar refractivity (Wildman–Crippen MR) is 72.9 cm³/mol. The molecule has 1 aromatic carbocycles. The minimum atomic E-state index is -0.533. The van der Waals surface area contributed by atoms with E-state index in [-0.39, 0.29) is 0 Å². The average Bonchev–Trinajstić information content (AvgIpc) is 2.68. The number of carbonyl (C=O) groups excluding carboxylic acids is 1. The number of fused-ring (bicyclic) bond motifs is 1. The van der Waals surface area contributed by atoms with Crippen molar-refractivity contribution in [1.29, 1.82) is 5.26 Å². The molecular weight excluding hydrogens is 242 g/mol. The van der Waals surface area contributed by atoms with E-state index in [4.69, 9.17) is 10.00 Å². The highest BCUT2D eigenvalue weighted by atomic mass is 16.6. The number of carbonyl (C=O) groups is 1. The fourth-order valence-electron chi connectivity index (χ4n) is 1.72. The summed E-state index contributed by atoms with van der Waals surface area (Å²) >= 11 is 0. The molecule has 5 nitrogen and oxygen atoms in total. The number of rotatable bonds is 1. The molecule has 0 fully saturated rings. The Labute approximate surface area is 111 Å². The first-order chi connectivity index (χ1) is 8.89. The van der Waals surface area contributed by atoms with Crippen LogP contribution in [-0.4, -0.2) is 16.7 Å². The molecule has 0 aliphatic carbocycles. The molecule has 98 valence electrons. The van der Waals surface area contributed by atoms with E-state index >= 15 is 0 Å². The van der Waals surface area contributed by atoms with Crippen LogP contribution in [0.4, 0.5) is 10.5 Å². The van der Waals surface area contributed by atoms with Crippen molar-refractivity contribution in [3.8, 4) is 6.07 Å². The Balaban J connectivity index is 2.19. The van der Waals surface area contributed by atoms with Crippen LogP contribution in [0.5, 0.6) is 0 Å². The van der Waals surface area contributed by atoms with E-state index in [2.05, 4.69) is 16.4 Å². The maximum Gasteiger partial charge on any atom is 0.412 e. The van der Waals surface area contributed by atoms with E-state index in [1.165, 1.54) is 0 Å². The summed E-state index contributed by atoms with van der Waals surface area (Å²) < 4.78 is 5.17. The van der Waals surface area contributed by atoms with Gasteiger partial charge in [0.2, 0.25) is 0 Å². The lowest BCUT2D eigenvalue weighted by molar-refractivity contribution is 0.0636. The van der Waals surface area contributed by atoms with Gasteiger partial charge in [0.15, 0.2) is 0 Å². The second-order valence-corrected chi connectivity index (χ2v) is 5.20. The molecule has 5 heteroatoms. The predicted octanol–water partition coefficient (Wildman–Crippen LogP) is 3.39. The van der Waals surface area contributed by atoms with Crippen LogP contribution in [0.2, 0.25) is 0 Å². The van der Waals surface area contributed by atoms with Crippen molar-refractivity contribution < 1.29 is 9.53 Å². The number of amides is 1. The number of aromatic amines is 1. The summed E-state index contributed by atoms with van der Waals surface area (Å²) in [6.45, 7) is 5.42. The van der Waals surface area contributed by atoms with E-state index in [1.807, 2.05) is 0 Å². The lowest BCUT2D eigenvalue weighted by atomic mass is 10.2. The fraction of sp³-hybridized carbons (Fsp3) is 0.286. The number of anilines is 1. The van der Waals surface area contributed by atoms with E-state index in [0.29, 0.717) is 11.3 Å². The highest BCUT2D eigenvalue weighted by Gasteiger charge is 2.16. The highest BCUT2D eigenvalue weighted by Crippen LogP contribution is 2.22. The summed E-state index contributed by atoms with van der Waals surface area (Å²) in [7, 11) is 0. The first-order valence-corrected chi connectivity index (χ1v) is 5.90. The maximum atomic E-state index is 11.6. The second kappa shape index (κ2) is 4.65. The molecule has 1 heterocycles. The summed E-state index contributed by atoms with van der Waals surface area (Å²) in [6.07, 6.45) is 1.14. The molecule has 19 heavy (non-hydrogen) atoms. The smallest absolute Gasteiger partial charge is 0.412 e. The number of nitrogens with one attached hydrogen (secondary N) is 2. The van der Waals surface area contributed by atoms with Gasteiger partial charge in [-0.15, -0.1) is 0 Å². The number of hydrogen-bond donors (Lipinski definition) is 2. The topological polar surface area (TPSA) is 77.9 Å². The summed E-state index contributed by atoms with van der Waals surface area (Å²) in [5.41, 5.74) is 1.46. The zero-order valence-corrected chi connectivity index (χ0v) is 11.1. The first-order valence-electron chi connectivity index (χ1n) is 5.90. The Morgan fingerprint density at radius 3 is 2.79 bits per heavy atom. The normalized spacial score (nSPS) is 11.1. The van der Waals surface area contributed by atoms with Crippen molar-refractivity contribution in [3.05, 3.63) is 30.0 Å². The molecule has 2 rings (SSSR count). The molecule has 2 N–H and O–H groups in total. The van der Waals surface area contributed by atoms with E-state index in [9.17, 15) is 4.79 Å². The van der Waals surface area contributed by atoms with Crippen LogP contribution in [0.3, 0.4) is 0 Å². The van der Waals surface area contributed by atoms with E-state index < -0.39 is 11.7 Å². The molecule has 2 aromatic rings. The Morgan fingerprint density at radius 2 is 2.16 bits per heavy atom. The molecule has 0 radical (unpaired) electrons. The van der Waals surface area contributed by atoms with Crippen LogP contribution in [-0.2, 0) is 4.74 Å². The number of benzene rings is 1. The van der Waals surface area contributed by atoms with Crippen LogP contribution in [0.1, 0.15) is 26.3 Å². The van der Waals surface area contributed by atoms with Crippen molar-refractivity contribution in [2.24, 2.45) is 0 Å². The van der Waals surface area contributed by atoms with Crippen molar-refractivity contribution in [3.63, 3.8) is 0 Å². The molecular formula is C14H15N3O2. The van der Waals surface area contributed by atoms with Gasteiger partial charge in [-0.2, -0.15) is 5.26 Å². The van der Waals surface area contributed by atoms with Gasteiger partial charge in [-0.25, -0.2) is 4.79 Å². The summed E-state index contributed by atoms with van der Waals surface area (Å²) in [6, 6.07) is 7.39. The Hall–Kier alpha value is -2.48. The number of nitrogens with zero attached hydrogens (tertiary/aromatic N) is 1. The average molecular weight is 257 g/mol. The van der Waals surface area contributed by atoms with Gasteiger partial charge >= 0.3 is 6.09 Å². The third-order valence-electron chi connectivity index (χ3n) is 2.45. The number of H-pyrrole nitrogens is 1. The number of aromatic nitrogens is 1. The van der Waals surface area contributed by atoms with Gasteiger partial charge in [-0.05, 0) is 39.0 Å². The Morgan fingerprint density at radius 1 is 1.42 bits per heavy atom. The van der Waals surface area contributed by atoms with Gasteiger partial charge in [-0.3, -0.25) is 5.32 Å². The van der Waals surface area contributed by atoms with E-state index in [0.717, 1.165) is 10.9 Å².